The molecule has 1 aromatic carbocycles. The van der Waals surface area contributed by atoms with E-state index in [1.807, 2.05) is 0 Å². The summed E-state index contributed by atoms with van der Waals surface area (Å²) in [5.41, 5.74) is 6.60. The number of benzene rings is 1. The molecule has 1 aliphatic rings. The maximum Gasteiger partial charge on any atom is 0.230 e. The summed E-state index contributed by atoms with van der Waals surface area (Å²) in [5, 5.41) is 2.88. The highest BCUT2D eigenvalue weighted by molar-refractivity contribution is 7.99. The van der Waals surface area contributed by atoms with Crippen LogP contribution in [0.15, 0.2) is 18.2 Å². The molecule has 0 unspecified atom stereocenters. The van der Waals surface area contributed by atoms with E-state index < -0.39 is 0 Å². The number of anilines is 1. The van der Waals surface area contributed by atoms with Gasteiger partial charge in [0.05, 0.1) is 5.75 Å². The lowest BCUT2D eigenvalue weighted by Gasteiger charge is -2.07. The normalized spacial score (nSPS) is 14.6. The molecule has 0 saturated heterocycles. The molecule has 5 heteroatoms. The molecular formula is C12H15FN2OS. The predicted molar refractivity (Wildman–Crippen MR) is 68.1 cm³/mol. The van der Waals surface area contributed by atoms with Crippen molar-refractivity contribution in [3.63, 3.8) is 0 Å². The molecule has 1 amide bonds. The third kappa shape index (κ3) is 3.63. The highest BCUT2D eigenvalue weighted by Crippen LogP contribution is 2.22. The minimum Gasteiger partial charge on any atom is -0.398 e. The van der Waals surface area contributed by atoms with Gasteiger partial charge in [-0.3, -0.25) is 4.79 Å². The topological polar surface area (TPSA) is 55.1 Å². The number of thioether (sulfide) groups is 1. The zero-order valence-corrected chi connectivity index (χ0v) is 10.2. The Balaban J connectivity index is 1.79. The van der Waals surface area contributed by atoms with E-state index in [9.17, 15) is 9.18 Å². The van der Waals surface area contributed by atoms with Gasteiger partial charge in [-0.15, -0.1) is 11.8 Å². The maximum absolute atomic E-state index is 13.4. The summed E-state index contributed by atoms with van der Waals surface area (Å²) in [5.74, 6) is 0.494. The summed E-state index contributed by atoms with van der Waals surface area (Å²) in [4.78, 5) is 11.4. The molecule has 0 bridgehead atoms. The molecule has 1 aromatic rings. The Labute approximate surface area is 104 Å². The van der Waals surface area contributed by atoms with Gasteiger partial charge in [0.1, 0.15) is 5.82 Å². The van der Waals surface area contributed by atoms with Gasteiger partial charge in [-0.25, -0.2) is 4.39 Å². The largest absolute Gasteiger partial charge is 0.398 e. The van der Waals surface area contributed by atoms with E-state index in [2.05, 4.69) is 5.32 Å². The van der Waals surface area contributed by atoms with Gasteiger partial charge in [0.2, 0.25) is 5.91 Å². The number of carbonyl (C=O) groups is 1. The predicted octanol–water partition coefficient (Wildman–Crippen LogP) is 1.92. The molecule has 3 N–H and O–H groups in total. The van der Waals surface area contributed by atoms with Crippen LogP contribution in [0.4, 0.5) is 10.1 Å². The standard InChI is InChI=1S/C12H15FN2OS/c13-10-2-1-3-11(14)9(10)6-17-7-12(16)15-8-4-5-8/h1-3,8H,4-7,14H2,(H,15,16). The maximum atomic E-state index is 13.4. The molecule has 0 heterocycles. The van der Waals surface area contributed by atoms with E-state index in [1.54, 1.807) is 12.1 Å². The lowest BCUT2D eigenvalue weighted by Crippen LogP contribution is -2.27. The molecule has 0 radical (unpaired) electrons. The van der Waals surface area contributed by atoms with Crippen molar-refractivity contribution < 1.29 is 9.18 Å². The first-order valence-electron chi connectivity index (χ1n) is 5.57. The number of nitrogen functional groups attached to an aromatic ring is 1. The third-order valence-electron chi connectivity index (χ3n) is 2.58. The van der Waals surface area contributed by atoms with Gasteiger partial charge in [-0.2, -0.15) is 0 Å². The van der Waals surface area contributed by atoms with E-state index in [0.717, 1.165) is 12.8 Å². The second-order valence-electron chi connectivity index (χ2n) is 4.14. The van der Waals surface area contributed by atoms with Crippen molar-refractivity contribution >= 4 is 23.4 Å². The summed E-state index contributed by atoms with van der Waals surface area (Å²) in [6, 6.07) is 5.01. The summed E-state index contributed by atoms with van der Waals surface area (Å²) >= 11 is 1.38. The Hall–Kier alpha value is -1.23. The Morgan fingerprint density at radius 3 is 2.94 bits per heavy atom. The van der Waals surface area contributed by atoms with E-state index in [0.29, 0.717) is 28.8 Å². The van der Waals surface area contributed by atoms with Crippen molar-refractivity contribution in [3.05, 3.63) is 29.6 Å². The van der Waals surface area contributed by atoms with Gasteiger partial charge in [-0.05, 0) is 25.0 Å². The quantitative estimate of drug-likeness (QED) is 0.789. The van der Waals surface area contributed by atoms with Crippen LogP contribution in [-0.2, 0) is 10.5 Å². The van der Waals surface area contributed by atoms with Gasteiger partial charge < -0.3 is 11.1 Å². The molecule has 0 spiro atoms. The fourth-order valence-corrected chi connectivity index (χ4v) is 2.35. The minimum absolute atomic E-state index is 0.0208. The highest BCUT2D eigenvalue weighted by atomic mass is 32.2. The molecule has 1 saturated carbocycles. The molecule has 0 aromatic heterocycles. The molecular weight excluding hydrogens is 239 g/mol. The van der Waals surface area contributed by atoms with Crippen LogP contribution >= 0.6 is 11.8 Å². The SMILES string of the molecule is Nc1cccc(F)c1CSCC(=O)NC1CC1. The second-order valence-corrected chi connectivity index (χ2v) is 5.13. The van der Waals surface area contributed by atoms with Crippen LogP contribution in [0.2, 0.25) is 0 Å². The smallest absolute Gasteiger partial charge is 0.230 e. The van der Waals surface area contributed by atoms with Gasteiger partial charge in [-0.1, -0.05) is 6.07 Å². The number of carbonyl (C=O) groups excluding carboxylic acids is 1. The lowest BCUT2D eigenvalue weighted by molar-refractivity contribution is -0.118. The number of nitrogens with one attached hydrogen (secondary N) is 1. The number of hydrogen-bond acceptors (Lipinski definition) is 3. The molecule has 2 rings (SSSR count). The van der Waals surface area contributed by atoms with E-state index >= 15 is 0 Å². The summed E-state index contributed by atoms with van der Waals surface area (Å²) in [6.45, 7) is 0. The average molecular weight is 254 g/mol. The zero-order chi connectivity index (χ0) is 12.3. The van der Waals surface area contributed by atoms with Crippen LogP contribution in [0.1, 0.15) is 18.4 Å². The second kappa shape index (κ2) is 5.40. The first-order valence-corrected chi connectivity index (χ1v) is 6.72. The van der Waals surface area contributed by atoms with Crippen molar-refractivity contribution in [1.29, 1.82) is 0 Å². The average Bonchev–Trinajstić information content (AvgIpc) is 3.06. The number of halogens is 1. The van der Waals surface area contributed by atoms with Gasteiger partial charge in [0.15, 0.2) is 0 Å². The Bertz CT molecular complexity index is 401. The summed E-state index contributed by atoms with van der Waals surface area (Å²) in [7, 11) is 0. The van der Waals surface area contributed by atoms with Gasteiger partial charge in [0, 0.05) is 23.0 Å². The fraction of sp³-hybridized carbons (Fsp3) is 0.417. The van der Waals surface area contributed by atoms with Gasteiger partial charge in [0.25, 0.3) is 0 Å². The molecule has 1 fully saturated rings. The van der Waals surface area contributed by atoms with Crippen LogP contribution in [-0.4, -0.2) is 17.7 Å². The Morgan fingerprint density at radius 1 is 1.53 bits per heavy atom. The van der Waals surface area contributed by atoms with E-state index in [4.69, 9.17) is 5.73 Å². The van der Waals surface area contributed by atoms with E-state index in [1.165, 1.54) is 17.8 Å². The first kappa shape index (κ1) is 12.2. The van der Waals surface area contributed by atoms with Crippen molar-refractivity contribution in [2.75, 3.05) is 11.5 Å². The number of hydrogen-bond donors (Lipinski definition) is 2. The van der Waals surface area contributed by atoms with Crippen LogP contribution in [0.25, 0.3) is 0 Å². The molecule has 0 atom stereocenters. The first-order chi connectivity index (χ1) is 8.16. The third-order valence-corrected chi connectivity index (χ3v) is 3.54. The number of nitrogens with two attached hydrogens (primary N) is 1. The van der Waals surface area contributed by atoms with Crippen LogP contribution in [0.3, 0.4) is 0 Å². The number of rotatable bonds is 5. The molecule has 0 aliphatic heterocycles. The van der Waals surface area contributed by atoms with Crippen molar-refractivity contribution in [1.82, 2.24) is 5.32 Å². The Kier molecular flexibility index (Phi) is 3.89. The zero-order valence-electron chi connectivity index (χ0n) is 9.41. The molecule has 17 heavy (non-hydrogen) atoms. The molecule has 92 valence electrons. The van der Waals surface area contributed by atoms with Gasteiger partial charge >= 0.3 is 0 Å². The molecule has 1 aliphatic carbocycles. The summed E-state index contributed by atoms with van der Waals surface area (Å²) in [6.07, 6.45) is 2.16. The van der Waals surface area contributed by atoms with Crippen molar-refractivity contribution in [2.24, 2.45) is 0 Å². The monoisotopic (exact) mass is 254 g/mol. The van der Waals surface area contributed by atoms with Crippen molar-refractivity contribution in [3.8, 4) is 0 Å². The summed E-state index contributed by atoms with van der Waals surface area (Å²) < 4.78 is 13.4. The number of amides is 1. The fourth-order valence-electron chi connectivity index (χ4n) is 1.47. The van der Waals surface area contributed by atoms with Crippen molar-refractivity contribution in [2.45, 2.75) is 24.6 Å². The van der Waals surface area contributed by atoms with E-state index in [-0.39, 0.29) is 11.7 Å². The minimum atomic E-state index is -0.305. The highest BCUT2D eigenvalue weighted by Gasteiger charge is 2.22. The van der Waals surface area contributed by atoms with Crippen LogP contribution in [0.5, 0.6) is 0 Å². The molecule has 3 nitrogen and oxygen atoms in total. The van der Waals surface area contributed by atoms with Crippen LogP contribution in [0, 0.1) is 5.82 Å². The Morgan fingerprint density at radius 2 is 2.29 bits per heavy atom. The lowest BCUT2D eigenvalue weighted by atomic mass is 10.2. The van der Waals surface area contributed by atoms with Crippen LogP contribution < -0.4 is 11.1 Å².